The highest BCUT2D eigenvalue weighted by molar-refractivity contribution is 5.89. The van der Waals surface area contributed by atoms with Crippen LogP contribution < -0.4 is 5.32 Å². The lowest BCUT2D eigenvalue weighted by Gasteiger charge is -2.37. The number of carbonyl (C=O) groups excluding carboxylic acids is 2. The first-order valence-electron chi connectivity index (χ1n) is 8.66. The van der Waals surface area contributed by atoms with Gasteiger partial charge in [-0.25, -0.2) is 9.18 Å². The molecule has 0 saturated carbocycles. The zero-order chi connectivity index (χ0) is 17.1. The Morgan fingerprint density at radius 1 is 1.29 bits per heavy atom. The highest BCUT2D eigenvalue weighted by Crippen LogP contribution is 2.22. The van der Waals surface area contributed by atoms with Gasteiger partial charge in [-0.3, -0.25) is 4.79 Å². The van der Waals surface area contributed by atoms with Crippen molar-refractivity contribution in [3.63, 3.8) is 0 Å². The quantitative estimate of drug-likeness (QED) is 0.924. The van der Waals surface area contributed by atoms with Crippen LogP contribution in [0.2, 0.25) is 0 Å². The summed E-state index contributed by atoms with van der Waals surface area (Å²) in [6.45, 7) is 3.78. The summed E-state index contributed by atoms with van der Waals surface area (Å²) in [5.41, 5.74) is 1.10. The SMILES string of the molecule is Cc1cc(NC(=O)N2CCCC[C@@H]2CN2CCCC2=O)ccc1F. The molecular formula is C18H24FN3O2. The van der Waals surface area contributed by atoms with Crippen molar-refractivity contribution in [3.05, 3.63) is 29.6 Å². The van der Waals surface area contributed by atoms with Crippen LogP contribution in [0.1, 0.15) is 37.7 Å². The lowest BCUT2D eigenvalue weighted by atomic mass is 10.0. The Kier molecular flexibility index (Phi) is 5.02. The fourth-order valence-electron chi connectivity index (χ4n) is 3.53. The van der Waals surface area contributed by atoms with Crippen LogP contribution in [0.15, 0.2) is 18.2 Å². The second kappa shape index (κ2) is 7.20. The predicted octanol–water partition coefficient (Wildman–Crippen LogP) is 3.14. The molecule has 1 atom stereocenters. The van der Waals surface area contributed by atoms with Gasteiger partial charge in [0.2, 0.25) is 5.91 Å². The third-order valence-electron chi connectivity index (χ3n) is 4.90. The van der Waals surface area contributed by atoms with Gasteiger partial charge in [0.05, 0.1) is 6.04 Å². The average molecular weight is 333 g/mol. The van der Waals surface area contributed by atoms with Crippen LogP contribution in [0.25, 0.3) is 0 Å². The number of urea groups is 1. The van der Waals surface area contributed by atoms with Gasteiger partial charge in [-0.1, -0.05) is 0 Å². The van der Waals surface area contributed by atoms with Gasteiger partial charge in [-0.15, -0.1) is 0 Å². The van der Waals surface area contributed by atoms with E-state index in [1.54, 1.807) is 19.1 Å². The maximum atomic E-state index is 13.4. The van der Waals surface area contributed by atoms with Gasteiger partial charge in [-0.2, -0.15) is 0 Å². The van der Waals surface area contributed by atoms with Crippen molar-refractivity contribution >= 4 is 17.6 Å². The van der Waals surface area contributed by atoms with E-state index in [4.69, 9.17) is 0 Å². The average Bonchev–Trinajstić information content (AvgIpc) is 2.96. The van der Waals surface area contributed by atoms with Crippen molar-refractivity contribution in [1.29, 1.82) is 0 Å². The molecule has 6 heteroatoms. The van der Waals surface area contributed by atoms with Crippen LogP contribution >= 0.6 is 0 Å². The number of piperidine rings is 1. The predicted molar refractivity (Wildman–Crippen MR) is 90.3 cm³/mol. The number of hydrogen-bond acceptors (Lipinski definition) is 2. The fourth-order valence-corrected chi connectivity index (χ4v) is 3.53. The molecule has 3 amide bonds. The van der Waals surface area contributed by atoms with E-state index in [0.717, 1.165) is 32.2 Å². The molecule has 0 radical (unpaired) electrons. The topological polar surface area (TPSA) is 52.7 Å². The zero-order valence-corrected chi connectivity index (χ0v) is 14.1. The Morgan fingerprint density at radius 2 is 2.12 bits per heavy atom. The number of halogens is 1. The van der Waals surface area contributed by atoms with Crippen molar-refractivity contribution in [2.75, 3.05) is 25.0 Å². The molecule has 130 valence electrons. The summed E-state index contributed by atoms with van der Waals surface area (Å²) >= 11 is 0. The third kappa shape index (κ3) is 3.68. The molecule has 0 aliphatic carbocycles. The van der Waals surface area contributed by atoms with Gasteiger partial charge < -0.3 is 15.1 Å². The number of nitrogens with zero attached hydrogens (tertiary/aromatic N) is 2. The highest BCUT2D eigenvalue weighted by atomic mass is 19.1. The van der Waals surface area contributed by atoms with E-state index in [2.05, 4.69) is 5.32 Å². The molecule has 24 heavy (non-hydrogen) atoms. The second-order valence-corrected chi connectivity index (χ2v) is 6.68. The summed E-state index contributed by atoms with van der Waals surface area (Å²) in [5, 5.41) is 2.86. The first-order valence-corrected chi connectivity index (χ1v) is 8.66. The number of carbonyl (C=O) groups is 2. The summed E-state index contributed by atoms with van der Waals surface area (Å²) in [6, 6.07) is 4.46. The van der Waals surface area contributed by atoms with Crippen molar-refractivity contribution in [3.8, 4) is 0 Å². The maximum Gasteiger partial charge on any atom is 0.322 e. The third-order valence-corrected chi connectivity index (χ3v) is 4.90. The van der Waals surface area contributed by atoms with Gasteiger partial charge in [0, 0.05) is 31.7 Å². The molecule has 2 aliphatic heterocycles. The number of anilines is 1. The molecule has 0 unspecified atom stereocenters. The minimum atomic E-state index is -0.281. The van der Waals surface area contributed by atoms with E-state index in [1.165, 1.54) is 6.07 Å². The lowest BCUT2D eigenvalue weighted by molar-refractivity contribution is -0.128. The molecule has 1 N–H and O–H groups in total. The van der Waals surface area contributed by atoms with E-state index in [0.29, 0.717) is 30.8 Å². The van der Waals surface area contributed by atoms with Crippen molar-refractivity contribution < 1.29 is 14.0 Å². The smallest absolute Gasteiger partial charge is 0.322 e. The Bertz CT molecular complexity index is 635. The van der Waals surface area contributed by atoms with E-state index in [-0.39, 0.29) is 23.8 Å². The first kappa shape index (κ1) is 16.7. The first-order chi connectivity index (χ1) is 11.5. The molecule has 2 fully saturated rings. The Labute approximate surface area is 141 Å². The fraction of sp³-hybridized carbons (Fsp3) is 0.556. The van der Waals surface area contributed by atoms with E-state index in [1.807, 2.05) is 9.80 Å². The molecule has 2 heterocycles. The summed E-state index contributed by atoms with van der Waals surface area (Å²) in [5.74, 6) is -0.0912. The summed E-state index contributed by atoms with van der Waals surface area (Å²) < 4.78 is 13.4. The van der Waals surface area contributed by atoms with Crippen LogP contribution in [-0.2, 0) is 4.79 Å². The molecule has 1 aromatic carbocycles. The van der Waals surface area contributed by atoms with Crippen LogP contribution in [0.3, 0.4) is 0 Å². The molecule has 1 aromatic rings. The molecule has 0 spiro atoms. The summed E-state index contributed by atoms with van der Waals surface area (Å²) in [7, 11) is 0. The number of nitrogens with one attached hydrogen (secondary N) is 1. The minimum Gasteiger partial charge on any atom is -0.341 e. The number of aryl methyl sites for hydroxylation is 1. The second-order valence-electron chi connectivity index (χ2n) is 6.68. The number of benzene rings is 1. The normalized spacial score (nSPS) is 21.2. The molecular weight excluding hydrogens is 309 g/mol. The maximum absolute atomic E-state index is 13.4. The van der Waals surface area contributed by atoms with Crippen molar-refractivity contribution in [2.45, 2.75) is 45.1 Å². The van der Waals surface area contributed by atoms with Crippen LogP contribution in [-0.4, -0.2) is 47.4 Å². The monoisotopic (exact) mass is 333 g/mol. The van der Waals surface area contributed by atoms with Gasteiger partial charge in [0.1, 0.15) is 5.82 Å². The number of amides is 3. The zero-order valence-electron chi connectivity index (χ0n) is 14.1. The van der Waals surface area contributed by atoms with Crippen molar-refractivity contribution in [2.24, 2.45) is 0 Å². The molecule has 0 bridgehead atoms. The van der Waals surface area contributed by atoms with E-state index >= 15 is 0 Å². The van der Waals surface area contributed by atoms with Gasteiger partial charge in [0.25, 0.3) is 0 Å². The number of hydrogen-bond donors (Lipinski definition) is 1. The Balaban J connectivity index is 1.66. The van der Waals surface area contributed by atoms with Gasteiger partial charge in [-0.05, 0) is 56.4 Å². The highest BCUT2D eigenvalue weighted by Gasteiger charge is 2.31. The number of likely N-dealkylation sites (tertiary alicyclic amines) is 2. The molecule has 3 rings (SSSR count). The van der Waals surface area contributed by atoms with Crippen LogP contribution in [0.4, 0.5) is 14.9 Å². The van der Waals surface area contributed by atoms with Crippen LogP contribution in [0.5, 0.6) is 0 Å². The molecule has 0 aromatic heterocycles. The molecule has 2 aliphatic rings. The lowest BCUT2D eigenvalue weighted by Crippen LogP contribution is -2.51. The Hall–Kier alpha value is -2.11. The summed E-state index contributed by atoms with van der Waals surface area (Å²) in [4.78, 5) is 28.2. The van der Waals surface area contributed by atoms with Crippen LogP contribution in [0, 0.1) is 12.7 Å². The largest absolute Gasteiger partial charge is 0.341 e. The summed E-state index contributed by atoms with van der Waals surface area (Å²) in [6.07, 6.45) is 4.49. The number of rotatable bonds is 3. The standard InChI is InChI=1S/C18H24FN3O2/c1-13-11-14(7-8-16(13)19)20-18(24)22-10-3-2-5-15(22)12-21-9-4-6-17(21)23/h7-8,11,15H,2-6,9-10,12H2,1H3,(H,20,24)/t15-/m1/s1. The minimum absolute atomic E-state index is 0.0577. The van der Waals surface area contributed by atoms with E-state index < -0.39 is 0 Å². The Morgan fingerprint density at radius 3 is 2.83 bits per heavy atom. The van der Waals surface area contributed by atoms with E-state index in [9.17, 15) is 14.0 Å². The molecule has 2 saturated heterocycles. The van der Waals surface area contributed by atoms with Crippen molar-refractivity contribution in [1.82, 2.24) is 9.80 Å². The van der Waals surface area contributed by atoms with Gasteiger partial charge >= 0.3 is 6.03 Å². The van der Waals surface area contributed by atoms with Gasteiger partial charge in [0.15, 0.2) is 0 Å². The molecule has 5 nitrogen and oxygen atoms in total.